The number of allylic oxidation sites excluding steroid dienone is 3. The Balaban J connectivity index is 3.03. The minimum atomic E-state index is -1.46. The Morgan fingerprint density at radius 1 is 1.55 bits per heavy atom. The lowest BCUT2D eigenvalue weighted by Crippen LogP contribution is -2.48. The Kier molecular flexibility index (Phi) is 5.66. The van der Waals surface area contributed by atoms with Crippen molar-refractivity contribution in [2.75, 3.05) is 13.7 Å². The summed E-state index contributed by atoms with van der Waals surface area (Å²) in [6, 6.07) is 0. The van der Waals surface area contributed by atoms with E-state index in [4.69, 9.17) is 19.3 Å². The maximum Gasteiger partial charge on any atom is 0.329 e. The van der Waals surface area contributed by atoms with Gasteiger partial charge in [0.1, 0.15) is 12.7 Å². The Morgan fingerprint density at radius 2 is 2.25 bits per heavy atom. The molecule has 20 heavy (non-hydrogen) atoms. The predicted octanol–water partition coefficient (Wildman–Crippen LogP) is 1.43. The number of aliphatic carboxylic acids is 1. The smallest absolute Gasteiger partial charge is 0.329 e. The van der Waals surface area contributed by atoms with Gasteiger partial charge in [-0.05, 0) is 24.1 Å². The highest BCUT2D eigenvalue weighted by atomic mass is 16.7. The van der Waals surface area contributed by atoms with E-state index in [9.17, 15) is 9.59 Å². The zero-order valence-electron chi connectivity index (χ0n) is 11.5. The van der Waals surface area contributed by atoms with Gasteiger partial charge in [-0.1, -0.05) is 12.2 Å². The van der Waals surface area contributed by atoms with Gasteiger partial charge in [0.2, 0.25) is 0 Å². The molecule has 0 aromatic carbocycles. The Morgan fingerprint density at radius 3 is 2.75 bits per heavy atom. The first kappa shape index (κ1) is 16.1. The number of carboxylic acids is 1. The van der Waals surface area contributed by atoms with E-state index >= 15 is 0 Å². The molecular formula is C14H18O6. The van der Waals surface area contributed by atoms with Gasteiger partial charge < -0.3 is 19.3 Å². The topological polar surface area (TPSA) is 82.1 Å². The molecule has 0 aliphatic heterocycles. The summed E-state index contributed by atoms with van der Waals surface area (Å²) in [5.74, 6) is -3.14. The molecule has 6 nitrogen and oxygen atoms in total. The standard InChI is InChI=1S/C14H18O6/c1-4-5-11-6-7-12(19-9-13(16)17)14(8-11,18-3)20-10(2)15/h4,6-8,12H,1,5,9H2,2-3H3,(H,16,17). The Labute approximate surface area is 117 Å². The van der Waals surface area contributed by atoms with E-state index in [1.54, 1.807) is 24.3 Å². The van der Waals surface area contributed by atoms with Crippen LogP contribution in [0.15, 0.2) is 36.5 Å². The van der Waals surface area contributed by atoms with E-state index < -0.39 is 30.4 Å². The summed E-state index contributed by atoms with van der Waals surface area (Å²) in [6.45, 7) is 4.36. The third-order valence-corrected chi connectivity index (χ3v) is 2.66. The predicted molar refractivity (Wildman–Crippen MR) is 70.9 cm³/mol. The normalized spacial score (nSPS) is 24.9. The highest BCUT2D eigenvalue weighted by Crippen LogP contribution is 2.30. The van der Waals surface area contributed by atoms with Crippen LogP contribution in [0.4, 0.5) is 0 Å². The van der Waals surface area contributed by atoms with Gasteiger partial charge >= 0.3 is 11.9 Å². The maximum absolute atomic E-state index is 11.3. The molecule has 0 amide bonds. The van der Waals surface area contributed by atoms with E-state index in [-0.39, 0.29) is 0 Å². The van der Waals surface area contributed by atoms with E-state index in [2.05, 4.69) is 6.58 Å². The number of hydrogen-bond donors (Lipinski definition) is 1. The van der Waals surface area contributed by atoms with Gasteiger partial charge in [-0.15, -0.1) is 6.58 Å². The minimum absolute atomic E-state index is 0.522. The summed E-state index contributed by atoms with van der Waals surface area (Å²) in [4.78, 5) is 21.9. The van der Waals surface area contributed by atoms with E-state index in [1.165, 1.54) is 14.0 Å². The van der Waals surface area contributed by atoms with Gasteiger partial charge in [0.15, 0.2) is 0 Å². The fourth-order valence-electron chi connectivity index (χ4n) is 1.89. The Hall–Kier alpha value is -1.92. The number of esters is 1. The third-order valence-electron chi connectivity index (χ3n) is 2.66. The maximum atomic E-state index is 11.3. The average Bonchev–Trinajstić information content (AvgIpc) is 2.37. The van der Waals surface area contributed by atoms with Crippen LogP contribution in [0.1, 0.15) is 13.3 Å². The summed E-state index contributed by atoms with van der Waals surface area (Å²) in [7, 11) is 1.36. The molecule has 0 aromatic rings. The molecule has 0 aromatic heterocycles. The van der Waals surface area contributed by atoms with Crippen LogP contribution >= 0.6 is 0 Å². The second kappa shape index (κ2) is 7.02. The highest BCUT2D eigenvalue weighted by Gasteiger charge is 2.42. The first-order valence-corrected chi connectivity index (χ1v) is 6.02. The first-order valence-electron chi connectivity index (χ1n) is 6.02. The molecule has 2 unspecified atom stereocenters. The van der Waals surface area contributed by atoms with Crippen LogP contribution in [-0.2, 0) is 23.8 Å². The van der Waals surface area contributed by atoms with Gasteiger partial charge in [0.05, 0.1) is 0 Å². The largest absolute Gasteiger partial charge is 0.480 e. The number of carboxylic acid groups (broad SMARTS) is 1. The molecule has 0 fully saturated rings. The first-order chi connectivity index (χ1) is 9.43. The van der Waals surface area contributed by atoms with Gasteiger partial charge in [-0.2, -0.15) is 0 Å². The van der Waals surface area contributed by atoms with Crippen LogP contribution in [-0.4, -0.2) is 42.7 Å². The molecule has 1 aliphatic carbocycles. The lowest BCUT2D eigenvalue weighted by Gasteiger charge is -2.36. The fraction of sp³-hybridized carbons (Fsp3) is 0.429. The molecule has 0 radical (unpaired) electrons. The van der Waals surface area contributed by atoms with Crippen molar-refractivity contribution in [1.29, 1.82) is 0 Å². The summed E-state index contributed by atoms with van der Waals surface area (Å²) >= 11 is 0. The van der Waals surface area contributed by atoms with Gasteiger partial charge in [0.25, 0.3) is 5.79 Å². The van der Waals surface area contributed by atoms with E-state index in [0.717, 1.165) is 5.57 Å². The monoisotopic (exact) mass is 282 g/mol. The zero-order valence-corrected chi connectivity index (χ0v) is 11.5. The van der Waals surface area contributed by atoms with Gasteiger partial charge in [0, 0.05) is 14.0 Å². The van der Waals surface area contributed by atoms with Crippen LogP contribution in [0.25, 0.3) is 0 Å². The zero-order chi connectivity index (χ0) is 15.2. The number of carbonyl (C=O) groups is 2. The SMILES string of the molecule is C=CCC1=CC(OC)(OC(C)=O)C(OCC(=O)O)C=C1. The van der Waals surface area contributed by atoms with Crippen LogP contribution in [0.2, 0.25) is 0 Å². The van der Waals surface area contributed by atoms with Crippen LogP contribution < -0.4 is 0 Å². The molecule has 2 atom stereocenters. The molecule has 0 saturated heterocycles. The molecule has 0 spiro atoms. The van der Waals surface area contributed by atoms with Crippen molar-refractivity contribution < 1.29 is 28.9 Å². The van der Waals surface area contributed by atoms with Crippen LogP contribution in [0.3, 0.4) is 0 Å². The van der Waals surface area contributed by atoms with Crippen molar-refractivity contribution in [3.05, 3.63) is 36.5 Å². The lowest BCUT2D eigenvalue weighted by molar-refractivity contribution is -0.233. The molecule has 0 saturated carbocycles. The molecule has 1 aliphatic rings. The number of methoxy groups -OCH3 is 1. The summed E-state index contributed by atoms with van der Waals surface area (Å²) in [5, 5.41) is 8.68. The number of rotatable bonds is 7. The van der Waals surface area contributed by atoms with E-state index in [0.29, 0.717) is 6.42 Å². The van der Waals surface area contributed by atoms with Crippen molar-refractivity contribution in [2.24, 2.45) is 0 Å². The van der Waals surface area contributed by atoms with Gasteiger partial charge in [-0.25, -0.2) is 4.79 Å². The van der Waals surface area contributed by atoms with Crippen LogP contribution in [0.5, 0.6) is 0 Å². The number of hydrogen-bond acceptors (Lipinski definition) is 5. The summed E-state index contributed by atoms with van der Waals surface area (Å²) in [6.07, 6.45) is 6.39. The molecule has 1 N–H and O–H groups in total. The Bertz CT molecular complexity index is 451. The molecule has 1 rings (SSSR count). The third kappa shape index (κ3) is 4.04. The minimum Gasteiger partial charge on any atom is -0.480 e. The average molecular weight is 282 g/mol. The fourth-order valence-corrected chi connectivity index (χ4v) is 1.89. The second-order valence-electron chi connectivity index (χ2n) is 4.22. The van der Waals surface area contributed by atoms with Gasteiger partial charge in [-0.3, -0.25) is 4.79 Å². The van der Waals surface area contributed by atoms with Crippen molar-refractivity contribution in [2.45, 2.75) is 25.2 Å². The molecule has 0 heterocycles. The molecule has 6 heteroatoms. The van der Waals surface area contributed by atoms with Crippen molar-refractivity contribution in [3.8, 4) is 0 Å². The summed E-state index contributed by atoms with van der Waals surface area (Å²) < 4.78 is 15.7. The molecule has 0 bridgehead atoms. The number of carbonyl (C=O) groups excluding carboxylic acids is 1. The lowest BCUT2D eigenvalue weighted by atomic mass is 9.96. The summed E-state index contributed by atoms with van der Waals surface area (Å²) in [5.41, 5.74) is 0.832. The van der Waals surface area contributed by atoms with Crippen molar-refractivity contribution in [3.63, 3.8) is 0 Å². The second-order valence-corrected chi connectivity index (χ2v) is 4.22. The highest BCUT2D eigenvalue weighted by molar-refractivity contribution is 5.68. The van der Waals surface area contributed by atoms with E-state index in [1.807, 2.05) is 0 Å². The molecular weight excluding hydrogens is 264 g/mol. The molecule has 110 valence electrons. The van der Waals surface area contributed by atoms with Crippen LogP contribution in [0, 0.1) is 0 Å². The van der Waals surface area contributed by atoms with Crippen molar-refractivity contribution in [1.82, 2.24) is 0 Å². The quantitative estimate of drug-likeness (QED) is 0.432. The van der Waals surface area contributed by atoms with Crippen molar-refractivity contribution >= 4 is 11.9 Å². The number of ether oxygens (including phenoxy) is 3.